The van der Waals surface area contributed by atoms with E-state index in [2.05, 4.69) is 26.6 Å². The first kappa shape index (κ1) is 49.4. The average Bonchev–Trinajstić information content (AvgIpc) is 3.92. The van der Waals surface area contributed by atoms with E-state index in [9.17, 15) is 33.9 Å². The van der Waals surface area contributed by atoms with Gasteiger partial charge in [0.05, 0.1) is 36.0 Å². The second kappa shape index (κ2) is 20.9. The number of fused-ring (bicyclic) bond motifs is 5. The number of halogens is 2. The number of allylic oxidation sites excluding steroid dienone is 3. The lowest BCUT2D eigenvalue weighted by molar-refractivity contribution is -0.142. The van der Waals surface area contributed by atoms with E-state index in [0.29, 0.717) is 24.3 Å². The number of anilines is 3. The quantitative estimate of drug-likeness (QED) is 0.117. The van der Waals surface area contributed by atoms with Crippen molar-refractivity contribution in [1.29, 1.82) is 0 Å². The summed E-state index contributed by atoms with van der Waals surface area (Å²) in [5, 5.41) is 24.7. The zero-order valence-corrected chi connectivity index (χ0v) is 38.1. The Morgan fingerprint density at radius 2 is 1.86 bits per heavy atom. The van der Waals surface area contributed by atoms with Crippen molar-refractivity contribution in [1.82, 2.24) is 16.0 Å². The van der Waals surface area contributed by atoms with Crippen molar-refractivity contribution >= 4 is 76.2 Å². The van der Waals surface area contributed by atoms with Gasteiger partial charge in [0, 0.05) is 45.7 Å². The standard InChI is InChI=1S/C43H55Cl2N7O12/c1-22-10-8-12-33(61-7)43(59)21-32(62-41(58)51-43)23(2)37-42(4,64-37)34(20-35(54)52(5)30-17-25(16-22)18-31(60-6)36(30)45)63-40(57)50-28-14-13-26(19-27(28)44)49-38(55)29(48-24(3)53)11-9-15-47-39(46)56/h8,10,12-14,17-19,23,29,32-34,37,59H,9,11,15-16,20-21H2,1-7H3,(H,48,53)(H,49,55)(H,50,57)(H,51,58)(H3,46,47,56)/b12-8+,22-10+/t23-,29+,32+,33-,34+,37+,42+,43+/m1/s1. The van der Waals surface area contributed by atoms with E-state index in [4.69, 9.17) is 52.6 Å². The summed E-state index contributed by atoms with van der Waals surface area (Å²) >= 11 is 13.3. The molecule has 4 bridgehead atoms. The van der Waals surface area contributed by atoms with Crippen LogP contribution < -0.4 is 42.0 Å². The molecule has 0 spiro atoms. The van der Waals surface area contributed by atoms with Gasteiger partial charge in [-0.2, -0.15) is 0 Å². The van der Waals surface area contributed by atoms with Crippen LogP contribution in [0.15, 0.2) is 54.1 Å². The smallest absolute Gasteiger partial charge is 0.412 e. The Morgan fingerprint density at radius 1 is 1.12 bits per heavy atom. The van der Waals surface area contributed by atoms with Gasteiger partial charge in [-0.15, -0.1) is 0 Å². The summed E-state index contributed by atoms with van der Waals surface area (Å²) < 4.78 is 29.1. The Labute approximate surface area is 380 Å². The summed E-state index contributed by atoms with van der Waals surface area (Å²) in [6, 6.07) is 6.12. The summed E-state index contributed by atoms with van der Waals surface area (Å²) in [4.78, 5) is 78.2. The molecule has 0 aliphatic carbocycles. The molecule has 7 amide bonds. The van der Waals surface area contributed by atoms with Crippen LogP contribution in [-0.4, -0.2) is 111 Å². The summed E-state index contributed by atoms with van der Waals surface area (Å²) in [5.74, 6) is -1.76. The lowest BCUT2D eigenvalue weighted by Gasteiger charge is -2.42. The van der Waals surface area contributed by atoms with Crippen LogP contribution >= 0.6 is 23.2 Å². The van der Waals surface area contributed by atoms with E-state index in [0.717, 1.165) is 11.1 Å². The lowest BCUT2D eigenvalue weighted by Crippen LogP contribution is -2.63. The van der Waals surface area contributed by atoms with Gasteiger partial charge in [-0.25, -0.2) is 14.4 Å². The first-order valence-corrected chi connectivity index (χ1v) is 21.2. The highest BCUT2D eigenvalue weighted by molar-refractivity contribution is 6.35. The number of primary amides is 1. The Morgan fingerprint density at radius 3 is 2.52 bits per heavy atom. The predicted octanol–water partition coefficient (Wildman–Crippen LogP) is 4.92. The van der Waals surface area contributed by atoms with Gasteiger partial charge in [-0.3, -0.25) is 25.0 Å². The number of nitrogens with two attached hydrogens (primary N) is 1. The number of carbonyl (C=O) groups excluding carboxylic acids is 6. The molecule has 8 N–H and O–H groups in total. The number of ether oxygens (including phenoxy) is 5. The monoisotopic (exact) mass is 931 g/mol. The number of alkyl carbamates (subject to hydrolysis) is 1. The van der Waals surface area contributed by atoms with Crippen molar-refractivity contribution in [2.75, 3.05) is 43.3 Å². The predicted molar refractivity (Wildman–Crippen MR) is 237 cm³/mol. The maximum atomic E-state index is 14.2. The molecule has 8 atom stereocenters. The molecular formula is C43H55Cl2N7O12. The van der Waals surface area contributed by atoms with Crippen LogP contribution in [0.2, 0.25) is 10.0 Å². The number of nitrogens with one attached hydrogen (secondary N) is 5. The van der Waals surface area contributed by atoms with Crippen molar-refractivity contribution in [3.8, 4) is 5.75 Å². The minimum absolute atomic E-state index is 0.00570. The van der Waals surface area contributed by atoms with Crippen molar-refractivity contribution < 1.29 is 57.6 Å². The Kier molecular flexibility index (Phi) is 16.2. The molecule has 0 unspecified atom stereocenters. The Bertz CT molecular complexity index is 2190. The second-order valence-corrected chi connectivity index (χ2v) is 17.0. The Hall–Kier alpha value is -5.60. The summed E-state index contributed by atoms with van der Waals surface area (Å²) in [7, 11) is 4.40. The van der Waals surface area contributed by atoms with Gasteiger partial charge in [-0.05, 0) is 69.0 Å². The fourth-order valence-electron chi connectivity index (χ4n) is 7.83. The molecule has 2 aromatic rings. The third-order valence-electron chi connectivity index (χ3n) is 11.3. The van der Waals surface area contributed by atoms with E-state index in [1.165, 1.54) is 51.3 Å². The maximum Gasteiger partial charge on any atom is 0.412 e. The minimum atomic E-state index is -1.88. The highest BCUT2D eigenvalue weighted by Crippen LogP contribution is 2.49. The number of urea groups is 1. The number of carbonyl (C=O) groups is 6. The number of benzene rings is 2. The summed E-state index contributed by atoms with van der Waals surface area (Å²) in [6.07, 6.45) is -0.129. The average molecular weight is 933 g/mol. The lowest BCUT2D eigenvalue weighted by atomic mass is 9.83. The zero-order chi connectivity index (χ0) is 47.1. The van der Waals surface area contributed by atoms with Gasteiger partial charge in [0.1, 0.15) is 40.7 Å². The van der Waals surface area contributed by atoms with E-state index in [-0.39, 0.29) is 40.8 Å². The molecule has 2 aromatic carbocycles. The summed E-state index contributed by atoms with van der Waals surface area (Å²) in [6.45, 7) is 6.78. The number of amides is 7. The number of epoxide rings is 1. The highest BCUT2D eigenvalue weighted by Gasteiger charge is 2.64. The highest BCUT2D eigenvalue weighted by atomic mass is 35.5. The van der Waals surface area contributed by atoms with Gasteiger partial charge >= 0.3 is 18.2 Å². The normalized spacial score (nSPS) is 27.5. The largest absolute Gasteiger partial charge is 0.495 e. The van der Waals surface area contributed by atoms with Crippen LogP contribution in [-0.2, 0) is 39.8 Å². The minimum Gasteiger partial charge on any atom is -0.495 e. The number of aliphatic hydroxyl groups is 1. The molecule has 21 heteroatoms. The first-order valence-electron chi connectivity index (χ1n) is 20.4. The van der Waals surface area contributed by atoms with Crippen LogP contribution in [0.3, 0.4) is 0 Å². The molecule has 3 aliphatic rings. The third-order valence-corrected chi connectivity index (χ3v) is 12.0. The fraction of sp³-hybridized carbons (Fsp3) is 0.488. The van der Waals surface area contributed by atoms with Crippen molar-refractivity contribution in [3.63, 3.8) is 0 Å². The molecule has 64 heavy (non-hydrogen) atoms. The van der Waals surface area contributed by atoms with Gasteiger partial charge < -0.3 is 55.4 Å². The van der Waals surface area contributed by atoms with Gasteiger partial charge in [-0.1, -0.05) is 53.9 Å². The molecule has 5 rings (SSSR count). The number of methoxy groups -OCH3 is 2. The van der Waals surface area contributed by atoms with E-state index < -0.39 is 90.1 Å². The number of rotatable bonds is 11. The molecule has 19 nitrogen and oxygen atoms in total. The van der Waals surface area contributed by atoms with Crippen molar-refractivity contribution in [2.45, 2.75) is 102 Å². The van der Waals surface area contributed by atoms with E-state index in [1.807, 2.05) is 13.0 Å². The van der Waals surface area contributed by atoms with Crippen molar-refractivity contribution in [3.05, 3.63) is 69.7 Å². The van der Waals surface area contributed by atoms with E-state index in [1.54, 1.807) is 38.1 Å². The number of hydrogen-bond acceptors (Lipinski definition) is 12. The molecule has 348 valence electrons. The number of hydrogen-bond donors (Lipinski definition) is 7. The summed E-state index contributed by atoms with van der Waals surface area (Å²) in [5.41, 5.74) is 4.25. The molecule has 2 saturated heterocycles. The van der Waals surface area contributed by atoms with Crippen LogP contribution in [0.25, 0.3) is 0 Å². The fourth-order valence-corrected chi connectivity index (χ4v) is 8.37. The maximum absolute atomic E-state index is 14.2. The molecule has 0 radical (unpaired) electrons. The number of nitrogens with zero attached hydrogens (tertiary/aromatic N) is 1. The van der Waals surface area contributed by atoms with Gasteiger partial charge in [0.25, 0.3) is 0 Å². The van der Waals surface area contributed by atoms with E-state index >= 15 is 0 Å². The third kappa shape index (κ3) is 12.1. The van der Waals surface area contributed by atoms with Crippen molar-refractivity contribution in [2.24, 2.45) is 11.7 Å². The topological polar surface area (TPSA) is 262 Å². The second-order valence-electron chi connectivity index (χ2n) is 16.2. The molecule has 0 saturated carbocycles. The van der Waals surface area contributed by atoms with Crippen LogP contribution in [0.1, 0.15) is 58.9 Å². The molecule has 3 aliphatic heterocycles. The van der Waals surface area contributed by atoms with Gasteiger partial charge in [0.15, 0.2) is 5.72 Å². The zero-order valence-electron chi connectivity index (χ0n) is 36.5. The molecule has 2 fully saturated rings. The Balaban J connectivity index is 1.41. The SMILES string of the molecule is COc1cc2cc(c1Cl)N(C)C(=O)C[C@H](OC(=O)Nc1ccc(NC(=O)[C@H](CCCNC(N)=O)NC(C)=O)cc1Cl)[C@]1(C)O[C@H]1[C@H](C)[C@@H]1C[C@@](O)(NC(=O)O1)[C@H](OC)/C=C/C=C(\C)C2. The molecular weight excluding hydrogens is 877 g/mol. The molecule has 0 aromatic heterocycles. The first-order chi connectivity index (χ1) is 30.2. The van der Waals surface area contributed by atoms with Crippen LogP contribution in [0.5, 0.6) is 5.75 Å². The van der Waals surface area contributed by atoms with Crippen LogP contribution in [0, 0.1) is 5.92 Å². The molecule has 3 heterocycles. The van der Waals surface area contributed by atoms with Crippen LogP contribution in [0.4, 0.5) is 31.4 Å². The van der Waals surface area contributed by atoms with Gasteiger partial charge in [0.2, 0.25) is 17.7 Å².